The first kappa shape index (κ1) is 25.0. The Bertz CT molecular complexity index is 1790. The number of rotatable bonds is 5. The first-order valence-electron chi connectivity index (χ1n) is 12.7. The Morgan fingerprint density at radius 3 is 1.48 bits per heavy atom. The Morgan fingerprint density at radius 2 is 1.10 bits per heavy atom. The van der Waals surface area contributed by atoms with Crippen LogP contribution in [-0.2, 0) is 0 Å². The summed E-state index contributed by atoms with van der Waals surface area (Å²) in [5, 5.41) is 22.6. The van der Waals surface area contributed by atoms with Gasteiger partial charge in [0.15, 0.2) is 0 Å². The van der Waals surface area contributed by atoms with Gasteiger partial charge in [0.1, 0.15) is 11.4 Å². The monoisotopic (exact) mass is 538 g/mol. The molecule has 0 spiro atoms. The molecule has 0 saturated carbocycles. The first-order valence-corrected chi connectivity index (χ1v) is 12.7. The van der Waals surface area contributed by atoms with Crippen molar-refractivity contribution in [2.75, 3.05) is 0 Å². The predicted octanol–water partition coefficient (Wildman–Crippen LogP) is 3.80. The van der Waals surface area contributed by atoms with Crippen molar-refractivity contribution in [2.24, 2.45) is 9.98 Å². The number of fused-ring (bicyclic) bond motifs is 2. The van der Waals surface area contributed by atoms with E-state index in [4.69, 9.17) is 0 Å². The number of hydrogen-bond acceptors (Lipinski definition) is 8. The van der Waals surface area contributed by atoms with Crippen LogP contribution < -0.4 is 11.4 Å². The number of imidazole rings is 2. The van der Waals surface area contributed by atoms with Crippen molar-refractivity contribution in [2.45, 2.75) is 39.8 Å². The number of hydrogen-bond donors (Lipinski definition) is 2. The minimum Gasteiger partial charge on any atom is -0.493 e. The van der Waals surface area contributed by atoms with E-state index < -0.39 is 23.5 Å². The molecule has 0 aliphatic carbocycles. The van der Waals surface area contributed by atoms with E-state index in [1.807, 2.05) is 0 Å². The van der Waals surface area contributed by atoms with Gasteiger partial charge in [0, 0.05) is 71.6 Å². The molecule has 2 aliphatic heterocycles. The minimum atomic E-state index is -0.662. The molecule has 0 saturated heterocycles. The average Bonchev–Trinajstić information content (AvgIpc) is 3.64. The lowest BCUT2D eigenvalue weighted by atomic mass is 10.1. The molecule has 0 atom stereocenters. The summed E-state index contributed by atoms with van der Waals surface area (Å²) in [4.78, 5) is 44.9. The minimum absolute atomic E-state index is 0.0432. The van der Waals surface area contributed by atoms with Gasteiger partial charge >= 0.3 is 11.4 Å². The number of pyridine rings is 2. The van der Waals surface area contributed by atoms with Gasteiger partial charge in [-0.25, -0.2) is 9.59 Å². The van der Waals surface area contributed by atoms with Gasteiger partial charge in [-0.15, -0.1) is 0 Å². The molecule has 40 heavy (non-hydrogen) atoms. The van der Waals surface area contributed by atoms with Crippen molar-refractivity contribution in [1.29, 1.82) is 0 Å². The number of aromatic hydroxyl groups is 2. The Labute approximate surface area is 227 Å². The van der Waals surface area contributed by atoms with Crippen LogP contribution in [0.15, 0.2) is 56.5 Å². The highest BCUT2D eigenvalue weighted by Crippen LogP contribution is 2.35. The SMILES string of the molecule is CC(C)n1c(O)c(C=C2C=Nc3ccncc32)n(-n2c(C=C3C=Nc4ccncc43)c(O)n(C(C)C)c2=O)c1=O. The summed E-state index contributed by atoms with van der Waals surface area (Å²) >= 11 is 0. The second-order valence-electron chi connectivity index (χ2n) is 10.0. The highest BCUT2D eigenvalue weighted by atomic mass is 16.3. The van der Waals surface area contributed by atoms with E-state index in [1.165, 1.54) is 9.13 Å². The van der Waals surface area contributed by atoms with E-state index in [-0.39, 0.29) is 23.1 Å². The zero-order chi connectivity index (χ0) is 28.3. The van der Waals surface area contributed by atoms with Gasteiger partial charge in [0.2, 0.25) is 11.8 Å². The maximum atomic E-state index is 13.9. The molecule has 2 N–H and O–H groups in total. The van der Waals surface area contributed by atoms with Crippen molar-refractivity contribution >= 4 is 47.1 Å². The molecule has 0 radical (unpaired) electrons. The summed E-state index contributed by atoms with van der Waals surface area (Å²) < 4.78 is 4.53. The third-order valence-corrected chi connectivity index (χ3v) is 6.87. The van der Waals surface area contributed by atoms with Crippen LogP contribution >= 0.6 is 0 Å². The number of aromatic nitrogens is 6. The molecule has 4 aromatic heterocycles. The van der Waals surface area contributed by atoms with Crippen LogP contribution in [0, 0.1) is 0 Å². The molecule has 6 heterocycles. The van der Waals surface area contributed by atoms with Gasteiger partial charge in [-0.2, -0.15) is 9.35 Å². The second-order valence-corrected chi connectivity index (χ2v) is 10.0. The highest BCUT2D eigenvalue weighted by molar-refractivity contribution is 6.22. The molecule has 0 fully saturated rings. The van der Waals surface area contributed by atoms with Crippen LogP contribution in [-0.4, -0.2) is 51.1 Å². The Hall–Kier alpha value is -5.26. The van der Waals surface area contributed by atoms with Gasteiger partial charge in [-0.05, 0) is 52.0 Å². The Morgan fingerprint density at radius 1 is 0.700 bits per heavy atom. The molecule has 12 heteroatoms. The first-order chi connectivity index (χ1) is 19.2. The van der Waals surface area contributed by atoms with Crippen molar-refractivity contribution < 1.29 is 10.2 Å². The highest BCUT2D eigenvalue weighted by Gasteiger charge is 2.29. The maximum absolute atomic E-state index is 13.9. The van der Waals surface area contributed by atoms with Crippen LogP contribution in [0.5, 0.6) is 11.8 Å². The lowest BCUT2D eigenvalue weighted by molar-refractivity contribution is 0.393. The van der Waals surface area contributed by atoms with Crippen LogP contribution in [0.1, 0.15) is 62.3 Å². The summed E-state index contributed by atoms with van der Waals surface area (Å²) in [7, 11) is 0. The second kappa shape index (κ2) is 9.19. The van der Waals surface area contributed by atoms with Crippen LogP contribution in [0.25, 0.3) is 23.3 Å². The number of nitrogens with zero attached hydrogens (tertiary/aromatic N) is 8. The summed E-state index contributed by atoms with van der Waals surface area (Å²) in [6.07, 6.45) is 12.9. The third-order valence-electron chi connectivity index (χ3n) is 6.87. The molecule has 12 nitrogen and oxygen atoms in total. The van der Waals surface area contributed by atoms with Gasteiger partial charge in [0.25, 0.3) is 0 Å². The number of allylic oxidation sites excluding steroid dienone is 2. The molecular formula is C28H26N8O4. The van der Waals surface area contributed by atoms with E-state index in [0.29, 0.717) is 33.6 Å². The Balaban J connectivity index is 1.67. The van der Waals surface area contributed by atoms with E-state index >= 15 is 0 Å². The van der Waals surface area contributed by atoms with Gasteiger partial charge < -0.3 is 10.2 Å². The normalized spacial score (nSPS) is 15.8. The smallest absolute Gasteiger partial charge is 0.351 e. The molecule has 202 valence electrons. The van der Waals surface area contributed by atoms with Gasteiger partial charge in [0.05, 0.1) is 11.4 Å². The lowest BCUT2D eigenvalue weighted by Crippen LogP contribution is -2.38. The molecule has 6 rings (SSSR count). The summed E-state index contributed by atoms with van der Waals surface area (Å²) in [5.41, 5.74) is 2.75. The molecule has 2 aliphatic rings. The molecule has 4 aromatic rings. The fourth-order valence-electron chi connectivity index (χ4n) is 4.98. The van der Waals surface area contributed by atoms with E-state index in [0.717, 1.165) is 9.35 Å². The van der Waals surface area contributed by atoms with Crippen LogP contribution in [0.4, 0.5) is 11.4 Å². The Kier molecular flexibility index (Phi) is 5.75. The summed E-state index contributed by atoms with van der Waals surface area (Å²) in [6.45, 7) is 7.00. The molecular weight excluding hydrogens is 512 g/mol. The average molecular weight is 539 g/mol. The molecule has 0 aromatic carbocycles. The van der Waals surface area contributed by atoms with Gasteiger partial charge in [-0.1, -0.05) is 0 Å². The zero-order valence-electron chi connectivity index (χ0n) is 22.2. The molecule has 0 unspecified atom stereocenters. The zero-order valence-corrected chi connectivity index (χ0v) is 22.2. The quantitative estimate of drug-likeness (QED) is 0.395. The van der Waals surface area contributed by atoms with Crippen molar-refractivity contribution in [1.82, 2.24) is 28.5 Å². The van der Waals surface area contributed by atoms with E-state index in [2.05, 4.69) is 20.0 Å². The summed E-state index contributed by atoms with van der Waals surface area (Å²) in [5.74, 6) is -0.671. The fraction of sp³-hybridized carbons (Fsp3) is 0.214. The van der Waals surface area contributed by atoms with Crippen molar-refractivity contribution in [3.05, 3.63) is 80.4 Å². The number of aliphatic imine (C=N–C) groups is 2. The maximum Gasteiger partial charge on any atom is 0.351 e. The van der Waals surface area contributed by atoms with E-state index in [1.54, 1.807) is 89.2 Å². The summed E-state index contributed by atoms with van der Waals surface area (Å²) in [6, 6.07) is 2.64. The molecule has 0 amide bonds. The largest absolute Gasteiger partial charge is 0.493 e. The van der Waals surface area contributed by atoms with Crippen LogP contribution in [0.3, 0.4) is 0 Å². The standard InChI is InChI=1S/C28H26N8O4/c1-15(2)33-25(37)23(9-17-11-31-21-5-7-29-13-19(17)21)35(27(33)39)36-24(26(38)34(16(3)4)28(36)40)10-18-12-32-22-6-8-30-14-20(18)22/h5-16,37-38H,1-4H3. The van der Waals surface area contributed by atoms with Crippen molar-refractivity contribution in [3.63, 3.8) is 0 Å². The predicted molar refractivity (Wildman–Crippen MR) is 153 cm³/mol. The molecule has 0 bridgehead atoms. The topological polar surface area (TPSA) is 145 Å². The third kappa shape index (κ3) is 3.67. The lowest BCUT2D eigenvalue weighted by Gasteiger charge is -2.08. The fourth-order valence-corrected chi connectivity index (χ4v) is 4.98. The van der Waals surface area contributed by atoms with E-state index in [9.17, 15) is 19.8 Å². The van der Waals surface area contributed by atoms with Crippen LogP contribution in [0.2, 0.25) is 0 Å². The van der Waals surface area contributed by atoms with Crippen molar-refractivity contribution in [3.8, 4) is 11.8 Å². The van der Waals surface area contributed by atoms with Gasteiger partial charge in [-0.3, -0.25) is 29.1 Å².